The van der Waals surface area contributed by atoms with E-state index in [4.69, 9.17) is 28.9 Å². The van der Waals surface area contributed by atoms with Crippen molar-refractivity contribution < 1.29 is 0 Å². The quantitative estimate of drug-likeness (QED) is 0.854. The molecule has 16 heavy (non-hydrogen) atoms. The SMILES string of the molecule is Cc1ncn(-c2nc(N)c(Cl)cc2Cl)c1C. The van der Waals surface area contributed by atoms with Gasteiger partial charge >= 0.3 is 0 Å². The summed E-state index contributed by atoms with van der Waals surface area (Å²) in [6.07, 6.45) is 1.66. The first-order chi connectivity index (χ1) is 7.50. The van der Waals surface area contributed by atoms with Crippen LogP contribution in [0.4, 0.5) is 5.82 Å². The molecule has 6 heteroatoms. The van der Waals surface area contributed by atoms with Crippen molar-refractivity contribution in [3.8, 4) is 5.82 Å². The summed E-state index contributed by atoms with van der Waals surface area (Å²) in [4.78, 5) is 8.33. The van der Waals surface area contributed by atoms with Crippen LogP contribution in [0.1, 0.15) is 11.4 Å². The molecule has 0 bridgehead atoms. The van der Waals surface area contributed by atoms with Crippen molar-refractivity contribution in [2.45, 2.75) is 13.8 Å². The van der Waals surface area contributed by atoms with E-state index in [9.17, 15) is 0 Å². The van der Waals surface area contributed by atoms with E-state index in [0.717, 1.165) is 11.4 Å². The number of rotatable bonds is 1. The highest BCUT2D eigenvalue weighted by Crippen LogP contribution is 2.27. The number of imidazole rings is 1. The maximum Gasteiger partial charge on any atom is 0.159 e. The van der Waals surface area contributed by atoms with Crippen LogP contribution in [-0.2, 0) is 0 Å². The Kier molecular flexibility index (Phi) is 2.78. The highest BCUT2D eigenvalue weighted by Gasteiger charge is 2.12. The second-order valence-electron chi connectivity index (χ2n) is 3.45. The van der Waals surface area contributed by atoms with Gasteiger partial charge in [-0.2, -0.15) is 0 Å². The van der Waals surface area contributed by atoms with Gasteiger partial charge in [0.2, 0.25) is 0 Å². The number of hydrogen-bond acceptors (Lipinski definition) is 3. The van der Waals surface area contributed by atoms with Gasteiger partial charge in [-0.3, -0.25) is 4.57 Å². The van der Waals surface area contributed by atoms with Gasteiger partial charge in [0.15, 0.2) is 5.82 Å². The van der Waals surface area contributed by atoms with Crippen molar-refractivity contribution in [3.05, 3.63) is 33.8 Å². The highest BCUT2D eigenvalue weighted by atomic mass is 35.5. The smallest absolute Gasteiger partial charge is 0.159 e. The molecule has 0 aliphatic carbocycles. The Morgan fingerprint density at radius 2 is 1.94 bits per heavy atom. The summed E-state index contributed by atoms with van der Waals surface area (Å²) in [6.45, 7) is 3.85. The molecule has 0 fully saturated rings. The van der Waals surface area contributed by atoms with Gasteiger partial charge in [0, 0.05) is 5.69 Å². The Labute approximate surface area is 103 Å². The van der Waals surface area contributed by atoms with Crippen LogP contribution in [0, 0.1) is 13.8 Å². The fourth-order valence-electron chi connectivity index (χ4n) is 1.35. The molecule has 2 aromatic rings. The maximum absolute atomic E-state index is 6.07. The van der Waals surface area contributed by atoms with E-state index >= 15 is 0 Å². The van der Waals surface area contributed by atoms with Gasteiger partial charge in [-0.05, 0) is 19.9 Å². The van der Waals surface area contributed by atoms with Crippen LogP contribution in [0.15, 0.2) is 12.4 Å². The molecule has 2 N–H and O–H groups in total. The molecule has 0 aliphatic heterocycles. The second kappa shape index (κ2) is 3.96. The van der Waals surface area contributed by atoms with Gasteiger partial charge in [-0.15, -0.1) is 0 Å². The third kappa shape index (κ3) is 1.74. The van der Waals surface area contributed by atoms with Crippen molar-refractivity contribution in [1.82, 2.24) is 14.5 Å². The van der Waals surface area contributed by atoms with Gasteiger partial charge in [-0.1, -0.05) is 23.2 Å². The Hall–Kier alpha value is -1.26. The highest BCUT2D eigenvalue weighted by molar-refractivity contribution is 6.36. The molecule has 2 aromatic heterocycles. The third-order valence-electron chi connectivity index (χ3n) is 2.42. The largest absolute Gasteiger partial charge is 0.382 e. The number of nitrogen functional groups attached to an aromatic ring is 1. The lowest BCUT2D eigenvalue weighted by Crippen LogP contribution is -2.03. The number of pyridine rings is 1. The van der Waals surface area contributed by atoms with E-state index in [1.165, 1.54) is 0 Å². The first-order valence-electron chi connectivity index (χ1n) is 4.63. The minimum absolute atomic E-state index is 0.256. The minimum atomic E-state index is 0.256. The topological polar surface area (TPSA) is 56.7 Å². The standard InChI is InChI=1S/C10H10Cl2N4/c1-5-6(2)16(4-14-5)10-8(12)3-7(11)9(13)15-10/h3-4H,1-2H3,(H2,13,15). The number of aryl methyl sites for hydroxylation is 1. The summed E-state index contributed by atoms with van der Waals surface area (Å²) in [6, 6.07) is 1.58. The lowest BCUT2D eigenvalue weighted by Gasteiger charge is -2.08. The van der Waals surface area contributed by atoms with E-state index in [0.29, 0.717) is 15.9 Å². The number of anilines is 1. The average Bonchev–Trinajstić information content (AvgIpc) is 2.54. The van der Waals surface area contributed by atoms with Crippen LogP contribution in [-0.4, -0.2) is 14.5 Å². The molecule has 0 aliphatic rings. The van der Waals surface area contributed by atoms with Crippen molar-refractivity contribution in [3.63, 3.8) is 0 Å². The predicted molar refractivity (Wildman–Crippen MR) is 65.3 cm³/mol. The lowest BCUT2D eigenvalue weighted by atomic mass is 10.3. The van der Waals surface area contributed by atoms with Crippen LogP contribution in [0.5, 0.6) is 0 Å². The summed E-state index contributed by atoms with van der Waals surface area (Å²) in [5.41, 5.74) is 7.54. The molecule has 0 spiro atoms. The Balaban J connectivity index is 2.65. The molecule has 0 saturated carbocycles. The molecular weight excluding hydrogens is 247 g/mol. The molecule has 2 heterocycles. The summed E-state index contributed by atoms with van der Waals surface area (Å²) < 4.78 is 1.78. The zero-order valence-corrected chi connectivity index (χ0v) is 10.3. The summed E-state index contributed by atoms with van der Waals surface area (Å²) in [5.74, 6) is 0.800. The van der Waals surface area contributed by atoms with Crippen LogP contribution < -0.4 is 5.73 Å². The van der Waals surface area contributed by atoms with Crippen molar-refractivity contribution in [2.75, 3.05) is 5.73 Å². The van der Waals surface area contributed by atoms with Gasteiger partial charge in [-0.25, -0.2) is 9.97 Å². The van der Waals surface area contributed by atoms with E-state index in [1.54, 1.807) is 17.0 Å². The van der Waals surface area contributed by atoms with Gasteiger partial charge in [0.25, 0.3) is 0 Å². The lowest BCUT2D eigenvalue weighted by molar-refractivity contribution is 0.954. The molecule has 0 amide bonds. The minimum Gasteiger partial charge on any atom is -0.382 e. The van der Waals surface area contributed by atoms with E-state index < -0.39 is 0 Å². The monoisotopic (exact) mass is 256 g/mol. The number of halogens is 2. The summed E-state index contributed by atoms with van der Waals surface area (Å²) in [7, 11) is 0. The molecule has 0 unspecified atom stereocenters. The summed E-state index contributed by atoms with van der Waals surface area (Å²) >= 11 is 11.9. The van der Waals surface area contributed by atoms with Gasteiger partial charge in [0.1, 0.15) is 12.1 Å². The van der Waals surface area contributed by atoms with E-state index in [2.05, 4.69) is 9.97 Å². The predicted octanol–water partition coefficient (Wildman–Crippen LogP) is 2.77. The molecule has 2 rings (SSSR count). The fourth-order valence-corrected chi connectivity index (χ4v) is 1.80. The fraction of sp³-hybridized carbons (Fsp3) is 0.200. The first kappa shape index (κ1) is 11.2. The van der Waals surface area contributed by atoms with Crippen molar-refractivity contribution >= 4 is 29.0 Å². The van der Waals surface area contributed by atoms with E-state index in [1.807, 2.05) is 13.8 Å². The molecule has 0 aromatic carbocycles. The Bertz CT molecular complexity index is 548. The number of nitrogens with two attached hydrogens (primary N) is 1. The van der Waals surface area contributed by atoms with E-state index in [-0.39, 0.29) is 5.82 Å². The average molecular weight is 257 g/mol. The second-order valence-corrected chi connectivity index (χ2v) is 4.26. The van der Waals surface area contributed by atoms with Gasteiger partial charge < -0.3 is 5.73 Å². The van der Waals surface area contributed by atoms with Crippen LogP contribution >= 0.6 is 23.2 Å². The zero-order chi connectivity index (χ0) is 11.9. The molecule has 84 valence electrons. The normalized spacial score (nSPS) is 10.8. The van der Waals surface area contributed by atoms with Crippen molar-refractivity contribution in [2.24, 2.45) is 0 Å². The molecule has 4 nitrogen and oxygen atoms in total. The molecule has 0 saturated heterocycles. The number of nitrogens with zero attached hydrogens (tertiary/aromatic N) is 3. The number of aromatic nitrogens is 3. The molecular formula is C10H10Cl2N4. The van der Waals surface area contributed by atoms with Crippen molar-refractivity contribution in [1.29, 1.82) is 0 Å². The van der Waals surface area contributed by atoms with Crippen LogP contribution in [0.2, 0.25) is 10.0 Å². The molecule has 0 atom stereocenters. The zero-order valence-electron chi connectivity index (χ0n) is 8.83. The number of hydrogen-bond donors (Lipinski definition) is 1. The third-order valence-corrected chi connectivity index (χ3v) is 3.00. The first-order valence-corrected chi connectivity index (χ1v) is 5.38. The van der Waals surface area contributed by atoms with Crippen LogP contribution in [0.3, 0.4) is 0 Å². The molecule has 0 radical (unpaired) electrons. The Morgan fingerprint density at radius 1 is 1.25 bits per heavy atom. The summed E-state index contributed by atoms with van der Waals surface area (Å²) in [5, 5.41) is 0.794. The van der Waals surface area contributed by atoms with Crippen LogP contribution in [0.25, 0.3) is 5.82 Å². The van der Waals surface area contributed by atoms with Gasteiger partial charge in [0.05, 0.1) is 15.7 Å². The Morgan fingerprint density at radius 3 is 2.50 bits per heavy atom. The maximum atomic E-state index is 6.07.